The third kappa shape index (κ3) is 3.61. The van der Waals surface area contributed by atoms with Gasteiger partial charge in [-0.2, -0.15) is 5.10 Å². The Morgan fingerprint density at radius 3 is 2.83 bits per heavy atom. The van der Waals surface area contributed by atoms with Crippen molar-refractivity contribution in [3.05, 3.63) is 71.9 Å². The lowest BCUT2D eigenvalue weighted by molar-refractivity contribution is 0.169. The van der Waals surface area contributed by atoms with Gasteiger partial charge in [-0.3, -0.25) is 10.1 Å². The third-order valence-corrected chi connectivity index (χ3v) is 3.59. The average molecular weight is 312 g/mol. The molecule has 2 heterocycles. The van der Waals surface area contributed by atoms with Crippen LogP contribution in [0.15, 0.2) is 55.0 Å². The molecular weight excluding hydrogens is 295 g/mol. The summed E-state index contributed by atoms with van der Waals surface area (Å²) in [5.74, 6) is -0.402. The molecule has 1 atom stereocenters. The monoisotopic (exact) mass is 312 g/mol. The van der Waals surface area contributed by atoms with Gasteiger partial charge in [0.15, 0.2) is 0 Å². The Bertz CT molecular complexity index is 760. The molecule has 3 rings (SSSR count). The fourth-order valence-electron chi connectivity index (χ4n) is 2.40. The van der Waals surface area contributed by atoms with E-state index < -0.39 is 11.9 Å². The van der Waals surface area contributed by atoms with Crippen LogP contribution in [0, 0.1) is 5.82 Å². The number of rotatable bonds is 6. The Morgan fingerprint density at radius 1 is 1.17 bits per heavy atom. The summed E-state index contributed by atoms with van der Waals surface area (Å²) in [6, 6.07) is 10.0. The number of hydrogen-bond acceptors (Lipinski definition) is 4. The van der Waals surface area contributed by atoms with Crippen molar-refractivity contribution in [1.29, 1.82) is 0 Å². The molecule has 2 aromatic heterocycles. The van der Waals surface area contributed by atoms with E-state index in [0.29, 0.717) is 12.1 Å². The van der Waals surface area contributed by atoms with E-state index >= 15 is 0 Å². The van der Waals surface area contributed by atoms with Gasteiger partial charge in [0, 0.05) is 42.2 Å². The molecule has 3 aromatic rings. The van der Waals surface area contributed by atoms with Crippen molar-refractivity contribution in [3.63, 3.8) is 0 Å². The first-order chi connectivity index (χ1) is 11.3. The number of nitrogens with one attached hydrogen (secondary N) is 2. The van der Waals surface area contributed by atoms with Gasteiger partial charge in [-0.15, -0.1) is 0 Å². The van der Waals surface area contributed by atoms with Crippen molar-refractivity contribution in [3.8, 4) is 11.3 Å². The zero-order valence-corrected chi connectivity index (χ0v) is 12.4. The zero-order chi connectivity index (χ0) is 16.1. The lowest BCUT2D eigenvalue weighted by Crippen LogP contribution is -2.21. The number of aromatic nitrogens is 3. The molecule has 0 saturated carbocycles. The predicted octanol–water partition coefficient (Wildman–Crippen LogP) is 2.43. The van der Waals surface area contributed by atoms with E-state index in [1.54, 1.807) is 36.8 Å². The zero-order valence-electron chi connectivity index (χ0n) is 12.4. The second-order valence-corrected chi connectivity index (χ2v) is 5.18. The molecule has 0 amide bonds. The SMILES string of the molecule is O[C@@H](CNCc1cn[nH]c1-c1cccnc1)c1ccccc1F. The number of pyridine rings is 1. The van der Waals surface area contributed by atoms with Crippen molar-refractivity contribution in [2.75, 3.05) is 6.54 Å². The Labute approximate surface area is 133 Å². The summed E-state index contributed by atoms with van der Waals surface area (Å²) in [5.41, 5.74) is 3.07. The molecule has 0 unspecified atom stereocenters. The van der Waals surface area contributed by atoms with Crippen LogP contribution in [-0.2, 0) is 6.54 Å². The standard InChI is InChI=1S/C17H17FN4O/c18-15-6-2-1-5-14(15)16(23)11-20-9-13-10-21-22-17(13)12-4-3-7-19-8-12/h1-8,10,16,20,23H,9,11H2,(H,21,22)/t16-/m0/s1. The molecular formula is C17H17FN4O. The second-order valence-electron chi connectivity index (χ2n) is 5.18. The minimum absolute atomic E-state index is 0.249. The summed E-state index contributed by atoms with van der Waals surface area (Å²) in [6.07, 6.45) is 4.29. The van der Waals surface area contributed by atoms with Gasteiger partial charge < -0.3 is 10.4 Å². The lowest BCUT2D eigenvalue weighted by Gasteiger charge is -2.13. The summed E-state index contributed by atoms with van der Waals surface area (Å²) in [6.45, 7) is 0.755. The first-order valence-electron chi connectivity index (χ1n) is 7.31. The van der Waals surface area contributed by atoms with Crippen LogP contribution in [0.4, 0.5) is 4.39 Å². The van der Waals surface area contributed by atoms with Crippen LogP contribution in [0.25, 0.3) is 11.3 Å². The van der Waals surface area contributed by atoms with Crippen LogP contribution in [0.2, 0.25) is 0 Å². The number of aromatic amines is 1. The maximum atomic E-state index is 13.6. The van der Waals surface area contributed by atoms with Gasteiger partial charge in [-0.1, -0.05) is 18.2 Å². The summed E-state index contributed by atoms with van der Waals surface area (Å²) >= 11 is 0. The maximum absolute atomic E-state index is 13.6. The predicted molar refractivity (Wildman–Crippen MR) is 84.9 cm³/mol. The van der Waals surface area contributed by atoms with E-state index in [-0.39, 0.29) is 6.54 Å². The topological polar surface area (TPSA) is 73.8 Å². The van der Waals surface area contributed by atoms with Gasteiger partial charge in [-0.05, 0) is 18.2 Å². The number of benzene rings is 1. The number of hydrogen-bond donors (Lipinski definition) is 3. The average Bonchev–Trinajstić information content (AvgIpc) is 3.04. The summed E-state index contributed by atoms with van der Waals surface area (Å²) in [4.78, 5) is 4.09. The number of halogens is 1. The molecule has 118 valence electrons. The van der Waals surface area contributed by atoms with Crippen molar-refractivity contribution < 1.29 is 9.50 Å². The second kappa shape index (κ2) is 7.13. The molecule has 3 N–H and O–H groups in total. The highest BCUT2D eigenvalue weighted by molar-refractivity contribution is 5.61. The summed E-state index contributed by atoms with van der Waals surface area (Å²) < 4.78 is 13.6. The van der Waals surface area contributed by atoms with Gasteiger partial charge >= 0.3 is 0 Å². The van der Waals surface area contributed by atoms with E-state index in [2.05, 4.69) is 20.5 Å². The first kappa shape index (κ1) is 15.3. The van der Waals surface area contributed by atoms with E-state index in [9.17, 15) is 9.50 Å². The molecule has 23 heavy (non-hydrogen) atoms. The van der Waals surface area contributed by atoms with E-state index in [4.69, 9.17) is 0 Å². The molecule has 0 aliphatic carbocycles. The van der Waals surface area contributed by atoms with Crippen LogP contribution < -0.4 is 5.32 Å². The smallest absolute Gasteiger partial charge is 0.129 e. The van der Waals surface area contributed by atoms with E-state index in [1.807, 2.05) is 12.1 Å². The van der Waals surface area contributed by atoms with Crippen LogP contribution in [0.5, 0.6) is 0 Å². The molecule has 0 radical (unpaired) electrons. The van der Waals surface area contributed by atoms with Crippen molar-refractivity contribution >= 4 is 0 Å². The quantitative estimate of drug-likeness (QED) is 0.653. The maximum Gasteiger partial charge on any atom is 0.129 e. The minimum atomic E-state index is -0.898. The molecule has 1 aromatic carbocycles. The fraction of sp³-hybridized carbons (Fsp3) is 0.176. The van der Waals surface area contributed by atoms with E-state index in [1.165, 1.54) is 6.07 Å². The van der Waals surface area contributed by atoms with Crippen LogP contribution in [-0.4, -0.2) is 26.8 Å². The van der Waals surface area contributed by atoms with Gasteiger partial charge in [0.05, 0.1) is 18.0 Å². The normalized spacial score (nSPS) is 12.3. The largest absolute Gasteiger partial charge is 0.387 e. The van der Waals surface area contributed by atoms with Crippen molar-refractivity contribution in [1.82, 2.24) is 20.5 Å². The number of H-pyrrole nitrogens is 1. The molecule has 5 nitrogen and oxygen atoms in total. The van der Waals surface area contributed by atoms with Crippen molar-refractivity contribution in [2.45, 2.75) is 12.6 Å². The number of aliphatic hydroxyl groups excluding tert-OH is 1. The first-order valence-corrected chi connectivity index (χ1v) is 7.31. The summed E-state index contributed by atoms with van der Waals surface area (Å²) in [7, 11) is 0. The minimum Gasteiger partial charge on any atom is -0.387 e. The number of aliphatic hydroxyl groups is 1. The molecule has 0 spiro atoms. The molecule has 6 heteroatoms. The van der Waals surface area contributed by atoms with Gasteiger partial charge in [0.1, 0.15) is 5.82 Å². The Hall–Kier alpha value is -2.57. The molecule has 0 aliphatic heterocycles. The fourth-order valence-corrected chi connectivity index (χ4v) is 2.40. The molecule has 0 aliphatic rings. The highest BCUT2D eigenvalue weighted by atomic mass is 19.1. The Morgan fingerprint density at radius 2 is 2.04 bits per heavy atom. The Balaban J connectivity index is 1.62. The molecule has 0 saturated heterocycles. The number of nitrogens with zero attached hydrogens (tertiary/aromatic N) is 2. The van der Waals surface area contributed by atoms with Gasteiger partial charge in [-0.25, -0.2) is 4.39 Å². The molecule has 0 fully saturated rings. The van der Waals surface area contributed by atoms with E-state index in [0.717, 1.165) is 16.8 Å². The third-order valence-electron chi connectivity index (χ3n) is 3.59. The Kier molecular flexibility index (Phi) is 4.75. The van der Waals surface area contributed by atoms with Crippen LogP contribution in [0.1, 0.15) is 17.2 Å². The van der Waals surface area contributed by atoms with Gasteiger partial charge in [0.2, 0.25) is 0 Å². The lowest BCUT2D eigenvalue weighted by atomic mass is 10.1. The van der Waals surface area contributed by atoms with Crippen molar-refractivity contribution in [2.24, 2.45) is 0 Å². The van der Waals surface area contributed by atoms with Gasteiger partial charge in [0.25, 0.3) is 0 Å². The van der Waals surface area contributed by atoms with Crippen LogP contribution in [0.3, 0.4) is 0 Å². The van der Waals surface area contributed by atoms with Crippen LogP contribution >= 0.6 is 0 Å². The highest BCUT2D eigenvalue weighted by Gasteiger charge is 2.13. The highest BCUT2D eigenvalue weighted by Crippen LogP contribution is 2.20. The molecule has 0 bridgehead atoms. The summed E-state index contributed by atoms with van der Waals surface area (Å²) in [5, 5.41) is 20.2.